The van der Waals surface area contributed by atoms with Crippen LogP contribution in [0, 0.1) is 11.7 Å². The highest BCUT2D eigenvalue weighted by atomic mass is 35.5. The van der Waals surface area contributed by atoms with E-state index in [1.807, 2.05) is 13.8 Å². The first-order valence-electron chi connectivity index (χ1n) is 9.87. The Morgan fingerprint density at radius 1 is 1.26 bits per heavy atom. The Bertz CT molecular complexity index is 1210. The number of hydrogen-bond donors (Lipinski definition) is 3. The zero-order valence-electron chi connectivity index (χ0n) is 17.1. The maximum atomic E-state index is 14.3. The molecule has 3 rings (SSSR count). The number of fused-ring (bicyclic) bond motifs is 1. The van der Waals surface area contributed by atoms with Crippen LogP contribution < -0.4 is 5.43 Å². The number of phenolic OH excluding ortho intramolecular Hbond substituents is 1. The van der Waals surface area contributed by atoms with E-state index in [1.54, 1.807) is 6.07 Å². The maximum absolute atomic E-state index is 14.3. The van der Waals surface area contributed by atoms with Gasteiger partial charge in [0.15, 0.2) is 0 Å². The van der Waals surface area contributed by atoms with Gasteiger partial charge in [-0.05, 0) is 29.2 Å². The molecule has 0 spiro atoms. The minimum absolute atomic E-state index is 0.0280. The van der Waals surface area contributed by atoms with Crippen molar-refractivity contribution in [1.82, 2.24) is 4.57 Å². The smallest absolute Gasteiger partial charge is 0.341 e. The molecule has 0 bridgehead atoms. The van der Waals surface area contributed by atoms with Gasteiger partial charge >= 0.3 is 5.97 Å². The van der Waals surface area contributed by atoms with Crippen molar-refractivity contribution in [2.45, 2.75) is 32.7 Å². The Hall–Kier alpha value is -2.90. The number of nitrogens with zero attached hydrogens (tertiary/aromatic N) is 1. The SMILES string of the molecule is CC[C@H](C)C(CO)n1cc(C(=O)O)c(=O)c2cc(Cc3cccc(Cl)c3F)c(O)cc21. The van der Waals surface area contributed by atoms with Crippen molar-refractivity contribution in [3.63, 3.8) is 0 Å². The highest BCUT2D eigenvalue weighted by Gasteiger charge is 2.23. The molecule has 6 nitrogen and oxygen atoms in total. The molecule has 1 heterocycles. The summed E-state index contributed by atoms with van der Waals surface area (Å²) < 4.78 is 15.9. The average Bonchev–Trinajstić information content (AvgIpc) is 2.73. The predicted octanol–water partition coefficient (Wildman–Crippen LogP) is 4.37. The summed E-state index contributed by atoms with van der Waals surface area (Å²) in [5.74, 6) is -2.22. The molecule has 0 amide bonds. The zero-order chi connectivity index (χ0) is 22.9. The summed E-state index contributed by atoms with van der Waals surface area (Å²) in [7, 11) is 0. The van der Waals surface area contributed by atoms with Gasteiger partial charge in [-0.25, -0.2) is 9.18 Å². The Kier molecular flexibility index (Phi) is 6.67. The molecule has 1 aromatic heterocycles. The number of hydrogen-bond acceptors (Lipinski definition) is 4. The van der Waals surface area contributed by atoms with Crippen molar-refractivity contribution in [3.05, 3.63) is 74.3 Å². The Balaban J connectivity index is 2.28. The van der Waals surface area contributed by atoms with Crippen molar-refractivity contribution in [3.8, 4) is 5.75 Å². The number of carbonyl (C=O) groups is 1. The minimum atomic E-state index is -1.39. The molecule has 164 valence electrons. The molecule has 3 aromatic rings. The topological polar surface area (TPSA) is 99.8 Å². The summed E-state index contributed by atoms with van der Waals surface area (Å²) in [6, 6.07) is 6.73. The number of phenols is 1. The van der Waals surface area contributed by atoms with Gasteiger partial charge in [0.1, 0.15) is 17.1 Å². The number of pyridine rings is 1. The standard InChI is InChI=1S/C23H23ClFNO5/c1-3-12(2)19(11-27)26-10-16(23(30)31)22(29)15-8-14(20(28)9-18(15)26)7-13-5-4-6-17(24)21(13)25/h4-6,8-10,12,19,27-28H,3,7,11H2,1-2H3,(H,30,31)/t12-,19?/m0/s1. The lowest BCUT2D eigenvalue weighted by molar-refractivity contribution is 0.0694. The second-order valence-corrected chi connectivity index (χ2v) is 8.01. The Morgan fingerprint density at radius 3 is 2.58 bits per heavy atom. The first kappa shape index (κ1) is 22.8. The van der Waals surface area contributed by atoms with E-state index in [9.17, 15) is 29.3 Å². The van der Waals surface area contributed by atoms with Gasteiger partial charge in [0.2, 0.25) is 5.43 Å². The van der Waals surface area contributed by atoms with Gasteiger partial charge in [-0.1, -0.05) is 44.0 Å². The summed E-state index contributed by atoms with van der Waals surface area (Å²) in [6.45, 7) is 3.56. The molecule has 0 aliphatic rings. The number of aromatic nitrogens is 1. The molecule has 8 heteroatoms. The molecular formula is C23H23ClFNO5. The molecular weight excluding hydrogens is 425 g/mol. The van der Waals surface area contributed by atoms with Crippen LogP contribution in [-0.4, -0.2) is 32.5 Å². The van der Waals surface area contributed by atoms with Crippen molar-refractivity contribution < 1.29 is 24.5 Å². The molecule has 1 unspecified atom stereocenters. The van der Waals surface area contributed by atoms with E-state index in [1.165, 1.54) is 35.0 Å². The molecule has 3 N–H and O–H groups in total. The number of aliphatic hydroxyl groups is 1. The zero-order valence-corrected chi connectivity index (χ0v) is 17.9. The molecule has 0 aliphatic carbocycles. The third kappa shape index (κ3) is 4.29. The fraction of sp³-hybridized carbons (Fsp3) is 0.304. The lowest BCUT2D eigenvalue weighted by Gasteiger charge is -2.26. The lowest BCUT2D eigenvalue weighted by atomic mass is 9.96. The van der Waals surface area contributed by atoms with Gasteiger partial charge in [0.25, 0.3) is 0 Å². The van der Waals surface area contributed by atoms with E-state index >= 15 is 0 Å². The predicted molar refractivity (Wildman–Crippen MR) is 117 cm³/mol. The summed E-state index contributed by atoms with van der Waals surface area (Å²) in [6.07, 6.45) is 1.87. The number of benzene rings is 2. The number of halogens is 2. The average molecular weight is 448 g/mol. The number of aromatic carboxylic acids is 1. The summed E-state index contributed by atoms with van der Waals surface area (Å²) in [4.78, 5) is 24.6. The third-order valence-corrected chi connectivity index (χ3v) is 6.01. The normalized spacial score (nSPS) is 13.3. The van der Waals surface area contributed by atoms with Gasteiger partial charge in [0, 0.05) is 24.1 Å². The fourth-order valence-electron chi connectivity index (χ4n) is 3.70. The molecule has 0 saturated heterocycles. The fourth-order valence-corrected chi connectivity index (χ4v) is 3.90. The van der Waals surface area contributed by atoms with Crippen LogP contribution in [0.2, 0.25) is 5.02 Å². The van der Waals surface area contributed by atoms with Crippen LogP contribution in [0.25, 0.3) is 10.9 Å². The van der Waals surface area contributed by atoms with Crippen molar-refractivity contribution in [2.24, 2.45) is 5.92 Å². The molecule has 0 fully saturated rings. The van der Waals surface area contributed by atoms with Crippen LogP contribution in [0.15, 0.2) is 41.3 Å². The minimum Gasteiger partial charge on any atom is -0.508 e. The van der Waals surface area contributed by atoms with Crippen LogP contribution in [-0.2, 0) is 6.42 Å². The highest BCUT2D eigenvalue weighted by molar-refractivity contribution is 6.30. The van der Waals surface area contributed by atoms with E-state index in [2.05, 4.69) is 0 Å². The van der Waals surface area contributed by atoms with E-state index in [0.717, 1.165) is 0 Å². The number of carboxylic acids is 1. The highest BCUT2D eigenvalue weighted by Crippen LogP contribution is 2.31. The number of aromatic hydroxyl groups is 1. The summed E-state index contributed by atoms with van der Waals surface area (Å²) in [5.41, 5.74) is -0.386. The number of aliphatic hydroxyl groups excluding tert-OH is 1. The summed E-state index contributed by atoms with van der Waals surface area (Å²) >= 11 is 5.83. The van der Waals surface area contributed by atoms with Gasteiger partial charge in [-0.15, -0.1) is 0 Å². The van der Waals surface area contributed by atoms with E-state index in [4.69, 9.17) is 11.6 Å². The molecule has 31 heavy (non-hydrogen) atoms. The first-order chi connectivity index (χ1) is 14.7. The maximum Gasteiger partial charge on any atom is 0.341 e. The Morgan fingerprint density at radius 2 is 1.97 bits per heavy atom. The van der Waals surface area contributed by atoms with Gasteiger partial charge in [0.05, 0.1) is 23.2 Å². The van der Waals surface area contributed by atoms with Crippen LogP contribution >= 0.6 is 11.6 Å². The number of carboxylic acid groups (broad SMARTS) is 1. The van der Waals surface area contributed by atoms with Crippen molar-refractivity contribution >= 4 is 28.5 Å². The van der Waals surface area contributed by atoms with Crippen LogP contribution in [0.4, 0.5) is 4.39 Å². The lowest BCUT2D eigenvalue weighted by Crippen LogP contribution is -2.26. The van der Waals surface area contributed by atoms with Gasteiger partial charge < -0.3 is 19.9 Å². The molecule has 0 aliphatic heterocycles. The van der Waals surface area contributed by atoms with Crippen LogP contribution in [0.5, 0.6) is 5.75 Å². The Labute approximate surface area is 183 Å². The largest absolute Gasteiger partial charge is 0.508 e. The van der Waals surface area contributed by atoms with Gasteiger partial charge in [-0.2, -0.15) is 0 Å². The number of rotatable bonds is 7. The monoisotopic (exact) mass is 447 g/mol. The third-order valence-electron chi connectivity index (χ3n) is 5.72. The second kappa shape index (κ2) is 9.08. The first-order valence-corrected chi connectivity index (χ1v) is 10.2. The summed E-state index contributed by atoms with van der Waals surface area (Å²) in [5, 5.41) is 30.1. The van der Waals surface area contributed by atoms with E-state index in [-0.39, 0.29) is 46.2 Å². The van der Waals surface area contributed by atoms with Crippen molar-refractivity contribution in [1.29, 1.82) is 0 Å². The van der Waals surface area contributed by atoms with E-state index in [0.29, 0.717) is 11.9 Å². The van der Waals surface area contributed by atoms with E-state index < -0.39 is 28.8 Å². The van der Waals surface area contributed by atoms with Crippen LogP contribution in [0.1, 0.15) is 47.8 Å². The molecule has 0 saturated carbocycles. The van der Waals surface area contributed by atoms with Gasteiger partial charge in [-0.3, -0.25) is 4.79 Å². The molecule has 0 radical (unpaired) electrons. The van der Waals surface area contributed by atoms with Crippen molar-refractivity contribution in [2.75, 3.05) is 6.61 Å². The molecule has 2 atom stereocenters. The molecule has 2 aromatic carbocycles. The quantitative estimate of drug-likeness (QED) is 0.499. The van der Waals surface area contributed by atoms with Crippen LogP contribution in [0.3, 0.4) is 0 Å². The second-order valence-electron chi connectivity index (χ2n) is 7.61.